The molecular formula is C16H18N4OS2. The summed E-state index contributed by atoms with van der Waals surface area (Å²) in [6.45, 7) is 0.712. The van der Waals surface area contributed by atoms with Gasteiger partial charge < -0.3 is 5.32 Å². The van der Waals surface area contributed by atoms with Crippen molar-refractivity contribution >= 4 is 33.8 Å². The average Bonchev–Trinajstić information content (AvgIpc) is 3.31. The normalized spacial score (nSPS) is 25.0. The van der Waals surface area contributed by atoms with Crippen LogP contribution >= 0.6 is 22.7 Å². The van der Waals surface area contributed by atoms with Crippen molar-refractivity contribution in [3.8, 4) is 9.88 Å². The van der Waals surface area contributed by atoms with Crippen LogP contribution in [0, 0.1) is 17.8 Å². The van der Waals surface area contributed by atoms with Crippen LogP contribution in [0.25, 0.3) is 9.88 Å². The molecule has 1 saturated carbocycles. The van der Waals surface area contributed by atoms with Crippen LogP contribution in [-0.2, 0) is 0 Å². The zero-order valence-electron chi connectivity index (χ0n) is 12.6. The fourth-order valence-electron chi connectivity index (χ4n) is 3.51. The monoisotopic (exact) mass is 346 g/mol. The van der Waals surface area contributed by atoms with E-state index in [9.17, 15) is 4.79 Å². The highest BCUT2D eigenvalue weighted by Crippen LogP contribution is 2.44. The molecule has 0 radical (unpaired) electrons. The molecule has 3 atom stereocenters. The minimum Gasteiger partial charge on any atom is -0.338 e. The number of aromatic nitrogens is 2. The van der Waals surface area contributed by atoms with Crippen molar-refractivity contribution in [2.75, 3.05) is 11.9 Å². The lowest BCUT2D eigenvalue weighted by Crippen LogP contribution is -2.30. The summed E-state index contributed by atoms with van der Waals surface area (Å²) >= 11 is 3.01. The Hall–Kier alpha value is -1.73. The Balaban J connectivity index is 1.23. The highest BCUT2D eigenvalue weighted by Gasteiger charge is 2.34. The molecule has 23 heavy (non-hydrogen) atoms. The lowest BCUT2D eigenvalue weighted by atomic mass is 9.91. The molecule has 2 N–H and O–H groups in total. The number of fused-ring (bicyclic) bond motifs is 2. The molecule has 2 aliphatic carbocycles. The lowest BCUT2D eigenvalue weighted by molar-refractivity contribution is 0.250. The predicted octanol–water partition coefficient (Wildman–Crippen LogP) is 3.99. The fraction of sp³-hybridized carbons (Fsp3) is 0.438. The molecule has 2 heterocycles. The summed E-state index contributed by atoms with van der Waals surface area (Å²) in [6, 6.07) is 3.78. The molecule has 0 aromatic carbocycles. The summed E-state index contributed by atoms with van der Waals surface area (Å²) in [5.74, 6) is 2.26. The van der Waals surface area contributed by atoms with Crippen LogP contribution in [-0.4, -0.2) is 22.8 Å². The Morgan fingerprint density at radius 2 is 2.26 bits per heavy atom. The molecule has 2 aromatic heterocycles. The summed E-state index contributed by atoms with van der Waals surface area (Å²) in [7, 11) is 0. The number of allylic oxidation sites excluding steroid dienone is 2. The van der Waals surface area contributed by atoms with Crippen molar-refractivity contribution in [1.82, 2.24) is 15.5 Å². The predicted molar refractivity (Wildman–Crippen MR) is 93.7 cm³/mol. The molecule has 5 nitrogen and oxygen atoms in total. The van der Waals surface area contributed by atoms with Gasteiger partial charge in [-0.15, -0.1) is 21.5 Å². The summed E-state index contributed by atoms with van der Waals surface area (Å²) in [5, 5.41) is 17.2. The Morgan fingerprint density at radius 3 is 3.00 bits per heavy atom. The number of hydrogen-bond donors (Lipinski definition) is 2. The summed E-state index contributed by atoms with van der Waals surface area (Å²) in [6.07, 6.45) is 8.35. The second kappa shape index (κ2) is 6.41. The number of hydrogen-bond acceptors (Lipinski definition) is 5. The molecule has 120 valence electrons. The zero-order valence-corrected chi connectivity index (χ0v) is 14.2. The third kappa shape index (κ3) is 3.30. The van der Waals surface area contributed by atoms with Gasteiger partial charge in [0.05, 0.1) is 4.88 Å². The van der Waals surface area contributed by atoms with Gasteiger partial charge in [0.1, 0.15) is 0 Å². The van der Waals surface area contributed by atoms with Gasteiger partial charge >= 0.3 is 6.03 Å². The quantitative estimate of drug-likeness (QED) is 0.805. The van der Waals surface area contributed by atoms with Gasteiger partial charge in [0.2, 0.25) is 5.13 Å². The van der Waals surface area contributed by atoms with E-state index in [-0.39, 0.29) is 6.03 Å². The third-order valence-electron chi connectivity index (χ3n) is 4.59. The van der Waals surface area contributed by atoms with Crippen molar-refractivity contribution in [2.45, 2.75) is 19.3 Å². The highest BCUT2D eigenvalue weighted by molar-refractivity contribution is 7.23. The van der Waals surface area contributed by atoms with Crippen LogP contribution in [0.4, 0.5) is 9.93 Å². The molecule has 0 aliphatic heterocycles. The number of nitrogens with zero attached hydrogens (tertiary/aromatic N) is 2. The number of thiophene rings is 1. The van der Waals surface area contributed by atoms with Gasteiger partial charge in [-0.25, -0.2) is 4.79 Å². The molecule has 4 rings (SSSR count). The first-order valence-electron chi connectivity index (χ1n) is 7.88. The fourth-order valence-corrected chi connectivity index (χ4v) is 5.04. The maximum atomic E-state index is 11.9. The van der Waals surface area contributed by atoms with E-state index in [0.29, 0.717) is 11.7 Å². The van der Waals surface area contributed by atoms with E-state index in [4.69, 9.17) is 0 Å². The van der Waals surface area contributed by atoms with Gasteiger partial charge in [0.25, 0.3) is 0 Å². The van der Waals surface area contributed by atoms with Gasteiger partial charge in [0.15, 0.2) is 5.01 Å². The van der Waals surface area contributed by atoms with E-state index in [2.05, 4.69) is 33.0 Å². The highest BCUT2D eigenvalue weighted by atomic mass is 32.1. The molecular weight excluding hydrogens is 328 g/mol. The smallest absolute Gasteiger partial charge is 0.321 e. The van der Waals surface area contributed by atoms with Crippen molar-refractivity contribution in [3.05, 3.63) is 29.7 Å². The van der Waals surface area contributed by atoms with E-state index in [1.807, 2.05) is 17.5 Å². The van der Waals surface area contributed by atoms with Crippen LogP contribution in [0.1, 0.15) is 19.3 Å². The van der Waals surface area contributed by atoms with Crippen LogP contribution in [0.5, 0.6) is 0 Å². The first kappa shape index (κ1) is 14.8. The second-order valence-corrected chi connectivity index (χ2v) is 8.02. The average molecular weight is 346 g/mol. The van der Waals surface area contributed by atoms with E-state index in [1.165, 1.54) is 24.2 Å². The van der Waals surface area contributed by atoms with E-state index in [0.717, 1.165) is 34.1 Å². The minimum absolute atomic E-state index is 0.197. The summed E-state index contributed by atoms with van der Waals surface area (Å²) < 4.78 is 0. The lowest BCUT2D eigenvalue weighted by Gasteiger charge is -2.17. The van der Waals surface area contributed by atoms with E-state index in [1.54, 1.807) is 11.3 Å². The van der Waals surface area contributed by atoms with Gasteiger partial charge in [-0.3, -0.25) is 5.32 Å². The van der Waals surface area contributed by atoms with Gasteiger partial charge in [0, 0.05) is 6.54 Å². The number of carbonyl (C=O) groups excluding carboxylic acids is 1. The molecule has 0 unspecified atom stereocenters. The SMILES string of the molecule is O=C(NCC[C@@H]1C[C@@H]2C=C[C@H]1C2)Nc1nnc(-c2cccs2)s1. The number of urea groups is 1. The van der Waals surface area contributed by atoms with Crippen LogP contribution in [0.15, 0.2) is 29.7 Å². The first-order valence-corrected chi connectivity index (χ1v) is 9.58. The Kier molecular flexibility index (Phi) is 4.13. The molecule has 2 aliphatic rings. The van der Waals surface area contributed by atoms with Crippen molar-refractivity contribution in [3.63, 3.8) is 0 Å². The number of anilines is 1. The standard InChI is InChI=1S/C16H18N4OS2/c21-15(17-6-5-12-9-10-3-4-11(12)8-10)18-16-20-19-14(23-16)13-2-1-7-22-13/h1-4,7,10-12H,5-6,8-9H2,(H2,17,18,20,21)/t10-,11+,12-/m1/s1. The molecule has 7 heteroatoms. The Labute approximate surface area is 142 Å². The second-order valence-electron chi connectivity index (χ2n) is 6.10. The largest absolute Gasteiger partial charge is 0.338 e. The Morgan fingerprint density at radius 1 is 1.30 bits per heavy atom. The third-order valence-corrected chi connectivity index (χ3v) is 6.47. The van der Waals surface area contributed by atoms with Crippen LogP contribution < -0.4 is 10.6 Å². The van der Waals surface area contributed by atoms with Crippen molar-refractivity contribution < 1.29 is 4.79 Å². The summed E-state index contributed by atoms with van der Waals surface area (Å²) in [5.41, 5.74) is 0. The first-order chi connectivity index (χ1) is 11.3. The number of amides is 2. The molecule has 2 amide bonds. The maximum absolute atomic E-state index is 11.9. The number of rotatable bonds is 5. The Bertz CT molecular complexity index is 709. The van der Waals surface area contributed by atoms with Gasteiger partial charge in [-0.05, 0) is 48.5 Å². The molecule has 2 bridgehead atoms. The van der Waals surface area contributed by atoms with E-state index < -0.39 is 0 Å². The number of nitrogens with one attached hydrogen (secondary N) is 2. The van der Waals surface area contributed by atoms with Gasteiger partial charge in [-0.1, -0.05) is 29.6 Å². The summed E-state index contributed by atoms with van der Waals surface area (Å²) in [4.78, 5) is 13.0. The topological polar surface area (TPSA) is 66.9 Å². The molecule has 0 spiro atoms. The number of carbonyl (C=O) groups is 1. The van der Waals surface area contributed by atoms with E-state index >= 15 is 0 Å². The van der Waals surface area contributed by atoms with Crippen molar-refractivity contribution in [2.24, 2.45) is 17.8 Å². The molecule has 2 aromatic rings. The van der Waals surface area contributed by atoms with Crippen LogP contribution in [0.3, 0.4) is 0 Å². The molecule has 1 fully saturated rings. The van der Waals surface area contributed by atoms with Crippen molar-refractivity contribution in [1.29, 1.82) is 0 Å². The maximum Gasteiger partial charge on any atom is 0.321 e. The van der Waals surface area contributed by atoms with Gasteiger partial charge in [-0.2, -0.15) is 0 Å². The zero-order chi connectivity index (χ0) is 15.6. The molecule has 0 saturated heterocycles. The van der Waals surface area contributed by atoms with Crippen LogP contribution in [0.2, 0.25) is 0 Å². The minimum atomic E-state index is -0.197.